The van der Waals surface area contributed by atoms with Gasteiger partial charge in [0.25, 0.3) is 0 Å². The van der Waals surface area contributed by atoms with Gasteiger partial charge in [0.1, 0.15) is 5.69 Å². The lowest BCUT2D eigenvalue weighted by Gasteiger charge is -2.59. The molecule has 2 N–H and O–H groups in total. The second-order valence-corrected chi connectivity index (χ2v) is 9.70. The average Bonchev–Trinajstić information content (AvgIpc) is 2.70. The maximum absolute atomic E-state index is 13.6. The maximum Gasteiger partial charge on any atom is 0.388 e. The first-order valence-corrected chi connectivity index (χ1v) is 11.4. The number of benzene rings is 1. The molecule has 9 heteroatoms. The number of carboxylic acid groups (broad SMARTS) is 1. The Labute approximate surface area is 197 Å². The molecule has 7 nitrogen and oxygen atoms in total. The highest BCUT2D eigenvalue weighted by molar-refractivity contribution is 6.03. The molecule has 0 aliphatic heterocycles. The third kappa shape index (κ3) is 4.69. The SMILES string of the molecule is Cc1ccc(NC(=O)N(c2ccccc2C(C)C)C2CC3(CC(C(=O)O)C3)C2)c(OC(F)F)n1. The van der Waals surface area contributed by atoms with Gasteiger partial charge in [0.15, 0.2) is 0 Å². The van der Waals surface area contributed by atoms with Crippen molar-refractivity contribution in [3.63, 3.8) is 0 Å². The lowest BCUT2D eigenvalue weighted by molar-refractivity contribution is -0.155. The minimum Gasteiger partial charge on any atom is -0.481 e. The van der Waals surface area contributed by atoms with Crippen LogP contribution < -0.4 is 15.0 Å². The Morgan fingerprint density at radius 2 is 1.82 bits per heavy atom. The summed E-state index contributed by atoms with van der Waals surface area (Å²) in [5.74, 6) is -1.28. The van der Waals surface area contributed by atoms with E-state index in [-0.39, 0.29) is 34.9 Å². The fraction of sp³-hybridized carbons (Fsp3) is 0.480. The van der Waals surface area contributed by atoms with Crippen molar-refractivity contribution < 1.29 is 28.2 Å². The van der Waals surface area contributed by atoms with Crippen molar-refractivity contribution in [3.8, 4) is 5.88 Å². The number of pyridine rings is 1. The van der Waals surface area contributed by atoms with Crippen LogP contribution in [0.5, 0.6) is 5.88 Å². The maximum atomic E-state index is 13.6. The van der Waals surface area contributed by atoms with Gasteiger partial charge in [-0.15, -0.1) is 0 Å². The molecule has 2 aliphatic carbocycles. The van der Waals surface area contributed by atoms with Crippen molar-refractivity contribution in [2.75, 3.05) is 10.2 Å². The quantitative estimate of drug-likeness (QED) is 0.531. The van der Waals surface area contributed by atoms with Crippen LogP contribution in [0.25, 0.3) is 0 Å². The molecule has 0 atom stereocenters. The number of hydrogen-bond donors (Lipinski definition) is 2. The number of hydrogen-bond acceptors (Lipinski definition) is 4. The zero-order chi connectivity index (χ0) is 24.6. The Balaban J connectivity index is 1.61. The molecule has 2 saturated carbocycles. The molecular formula is C25H29F2N3O4. The first-order valence-electron chi connectivity index (χ1n) is 11.4. The lowest BCUT2D eigenvalue weighted by Crippen LogP contribution is -2.59. The smallest absolute Gasteiger partial charge is 0.388 e. The molecule has 1 aromatic heterocycles. The van der Waals surface area contributed by atoms with Crippen LogP contribution in [0.1, 0.15) is 56.7 Å². The third-order valence-corrected chi connectivity index (χ3v) is 6.89. The first kappa shape index (κ1) is 23.9. The molecule has 1 spiro atoms. The van der Waals surface area contributed by atoms with E-state index in [4.69, 9.17) is 0 Å². The van der Waals surface area contributed by atoms with Crippen LogP contribution in [0.4, 0.5) is 25.0 Å². The van der Waals surface area contributed by atoms with Crippen molar-refractivity contribution in [2.24, 2.45) is 11.3 Å². The van der Waals surface area contributed by atoms with E-state index in [1.54, 1.807) is 17.9 Å². The minimum absolute atomic E-state index is 0.0472. The number of para-hydroxylation sites is 1. The summed E-state index contributed by atoms with van der Waals surface area (Å²) in [6, 6.07) is 10.1. The number of aliphatic carboxylic acids is 1. The van der Waals surface area contributed by atoms with Crippen molar-refractivity contribution in [3.05, 3.63) is 47.7 Å². The van der Waals surface area contributed by atoms with E-state index in [0.717, 1.165) is 11.3 Å². The van der Waals surface area contributed by atoms with E-state index in [1.165, 1.54) is 6.07 Å². The summed E-state index contributed by atoms with van der Waals surface area (Å²) < 4.78 is 30.4. The number of carbonyl (C=O) groups is 2. The van der Waals surface area contributed by atoms with Gasteiger partial charge in [0, 0.05) is 17.4 Å². The van der Waals surface area contributed by atoms with Gasteiger partial charge in [-0.25, -0.2) is 9.78 Å². The summed E-state index contributed by atoms with van der Waals surface area (Å²) in [6.07, 6.45) is 2.63. The summed E-state index contributed by atoms with van der Waals surface area (Å²) in [6.45, 7) is 2.65. The van der Waals surface area contributed by atoms with Crippen LogP contribution in [-0.2, 0) is 4.79 Å². The second-order valence-electron chi connectivity index (χ2n) is 9.70. The number of aryl methyl sites for hydroxylation is 1. The van der Waals surface area contributed by atoms with Crippen LogP contribution >= 0.6 is 0 Å². The fourth-order valence-corrected chi connectivity index (χ4v) is 5.26. The summed E-state index contributed by atoms with van der Waals surface area (Å²) in [5.41, 5.74) is 2.23. The normalized spacial score (nSPS) is 23.4. The van der Waals surface area contributed by atoms with Gasteiger partial charge in [0.2, 0.25) is 5.88 Å². The number of nitrogens with one attached hydrogen (secondary N) is 1. The average molecular weight is 474 g/mol. The van der Waals surface area contributed by atoms with Gasteiger partial charge < -0.3 is 15.2 Å². The molecule has 0 bridgehead atoms. The number of anilines is 2. The van der Waals surface area contributed by atoms with Gasteiger partial charge in [-0.3, -0.25) is 9.69 Å². The molecule has 2 amide bonds. The van der Waals surface area contributed by atoms with Crippen molar-refractivity contribution in [2.45, 2.75) is 65.0 Å². The minimum atomic E-state index is -3.07. The molecule has 0 unspecified atom stereocenters. The summed E-state index contributed by atoms with van der Waals surface area (Å²) in [7, 11) is 0. The number of ether oxygens (including phenoxy) is 1. The topological polar surface area (TPSA) is 91.8 Å². The molecule has 1 heterocycles. The summed E-state index contributed by atoms with van der Waals surface area (Å²) in [4.78, 5) is 30.5. The second kappa shape index (κ2) is 9.19. The third-order valence-electron chi connectivity index (χ3n) is 6.89. The number of amides is 2. The summed E-state index contributed by atoms with van der Waals surface area (Å²) >= 11 is 0. The van der Waals surface area contributed by atoms with Gasteiger partial charge in [-0.2, -0.15) is 8.78 Å². The predicted octanol–water partition coefficient (Wildman–Crippen LogP) is 5.80. The van der Waals surface area contributed by atoms with Crippen LogP contribution in [0.3, 0.4) is 0 Å². The number of carbonyl (C=O) groups excluding carboxylic acids is 1. The van der Waals surface area contributed by atoms with E-state index in [1.807, 2.05) is 38.1 Å². The molecular weight excluding hydrogens is 444 g/mol. The Kier molecular flexibility index (Phi) is 6.47. The number of nitrogens with zero attached hydrogens (tertiary/aromatic N) is 2. The Morgan fingerprint density at radius 1 is 1.15 bits per heavy atom. The molecule has 4 rings (SSSR count). The van der Waals surface area contributed by atoms with Crippen LogP contribution in [0, 0.1) is 18.3 Å². The van der Waals surface area contributed by atoms with Crippen LogP contribution in [0.2, 0.25) is 0 Å². The van der Waals surface area contributed by atoms with Crippen LogP contribution in [-0.4, -0.2) is 34.7 Å². The first-order chi connectivity index (χ1) is 16.1. The molecule has 1 aromatic carbocycles. The highest BCUT2D eigenvalue weighted by atomic mass is 19.3. The van der Waals surface area contributed by atoms with E-state index < -0.39 is 18.6 Å². The van der Waals surface area contributed by atoms with E-state index in [9.17, 15) is 23.5 Å². The molecule has 182 valence electrons. The molecule has 0 radical (unpaired) electrons. The monoisotopic (exact) mass is 473 g/mol. The summed E-state index contributed by atoms with van der Waals surface area (Å²) in [5, 5.41) is 12.0. The highest BCUT2D eigenvalue weighted by Gasteiger charge is 2.57. The Bertz CT molecular complexity index is 1080. The Hall–Kier alpha value is -3.23. The van der Waals surface area contributed by atoms with Gasteiger partial charge in [-0.05, 0) is 67.7 Å². The van der Waals surface area contributed by atoms with E-state index >= 15 is 0 Å². The molecule has 2 aromatic rings. The number of alkyl halides is 2. The van der Waals surface area contributed by atoms with Crippen molar-refractivity contribution in [1.82, 2.24) is 4.98 Å². The Morgan fingerprint density at radius 3 is 2.44 bits per heavy atom. The fourth-order valence-electron chi connectivity index (χ4n) is 5.26. The number of aromatic nitrogens is 1. The zero-order valence-corrected chi connectivity index (χ0v) is 19.4. The predicted molar refractivity (Wildman–Crippen MR) is 123 cm³/mol. The van der Waals surface area contributed by atoms with Crippen LogP contribution in [0.15, 0.2) is 36.4 Å². The van der Waals surface area contributed by atoms with Gasteiger partial charge in [0.05, 0.1) is 5.92 Å². The standard InChI is InChI=1S/C25H29F2N3O4/c1-14(2)18-6-4-5-7-20(18)30(17-12-25(13-17)10-16(11-25)22(31)32)24(33)29-19-9-8-15(3)28-21(19)34-23(26)27/h4-9,14,16-17,23H,10-13H2,1-3H3,(H,29,33)(H,31,32). The molecule has 34 heavy (non-hydrogen) atoms. The highest BCUT2D eigenvalue weighted by Crippen LogP contribution is 2.60. The molecule has 0 saturated heterocycles. The number of carboxylic acids is 1. The molecule has 2 aliphatic rings. The molecule has 2 fully saturated rings. The number of rotatable bonds is 7. The van der Waals surface area contributed by atoms with E-state index in [0.29, 0.717) is 31.4 Å². The number of urea groups is 1. The van der Waals surface area contributed by atoms with Gasteiger partial charge in [-0.1, -0.05) is 32.0 Å². The van der Waals surface area contributed by atoms with Gasteiger partial charge >= 0.3 is 18.6 Å². The lowest BCUT2D eigenvalue weighted by atomic mass is 9.49. The van der Waals surface area contributed by atoms with Crippen molar-refractivity contribution >= 4 is 23.4 Å². The largest absolute Gasteiger partial charge is 0.481 e. The zero-order valence-electron chi connectivity index (χ0n) is 19.4. The number of halogens is 2. The van der Waals surface area contributed by atoms with Crippen molar-refractivity contribution in [1.29, 1.82) is 0 Å². The van der Waals surface area contributed by atoms with E-state index in [2.05, 4.69) is 15.0 Å².